The molecule has 0 spiro atoms. The van der Waals surface area contributed by atoms with Gasteiger partial charge in [-0.25, -0.2) is 0 Å². The van der Waals surface area contributed by atoms with E-state index in [0.717, 1.165) is 16.7 Å². The first-order valence-electron chi connectivity index (χ1n) is 6.40. The summed E-state index contributed by atoms with van der Waals surface area (Å²) < 4.78 is 0. The summed E-state index contributed by atoms with van der Waals surface area (Å²) in [6.07, 6.45) is 3.96. The summed E-state index contributed by atoms with van der Waals surface area (Å²) >= 11 is 0. The van der Waals surface area contributed by atoms with E-state index < -0.39 is 0 Å². The number of benzene rings is 2. The van der Waals surface area contributed by atoms with Crippen LogP contribution in [0.3, 0.4) is 0 Å². The molecule has 0 N–H and O–H groups in total. The van der Waals surface area contributed by atoms with Gasteiger partial charge in [-0.3, -0.25) is 0 Å². The van der Waals surface area contributed by atoms with Crippen molar-refractivity contribution in [1.29, 1.82) is 5.26 Å². The first kappa shape index (κ1) is 13.1. The lowest BCUT2D eigenvalue weighted by molar-refractivity contribution is 1.44. The maximum atomic E-state index is 9.10. The fraction of sp³-hybridized carbons (Fsp3) is 0.167. The lowest BCUT2D eigenvalue weighted by Gasteiger charge is -2.07. The summed E-state index contributed by atoms with van der Waals surface area (Å²) in [7, 11) is 0. The van der Waals surface area contributed by atoms with Crippen LogP contribution in [-0.4, -0.2) is 0 Å². The van der Waals surface area contributed by atoms with Gasteiger partial charge in [-0.05, 0) is 48.7 Å². The van der Waals surface area contributed by atoms with Gasteiger partial charge in [-0.15, -0.1) is 0 Å². The van der Waals surface area contributed by atoms with E-state index >= 15 is 0 Å². The van der Waals surface area contributed by atoms with Crippen LogP contribution in [0.1, 0.15) is 25.0 Å². The molecule has 0 atom stereocenters. The molecule has 94 valence electrons. The molecule has 0 aliphatic heterocycles. The first-order valence-corrected chi connectivity index (χ1v) is 6.40. The summed E-state index contributed by atoms with van der Waals surface area (Å²) in [5.41, 5.74) is 4.09. The van der Waals surface area contributed by atoms with E-state index in [2.05, 4.69) is 49.4 Å². The van der Waals surface area contributed by atoms with Crippen molar-refractivity contribution in [3.05, 3.63) is 65.3 Å². The maximum absolute atomic E-state index is 9.10. The normalized spacial score (nSPS) is 12.5. The van der Waals surface area contributed by atoms with Crippen molar-refractivity contribution in [3.8, 4) is 6.07 Å². The van der Waals surface area contributed by atoms with Crippen molar-refractivity contribution in [2.75, 3.05) is 0 Å². The third-order valence-corrected chi connectivity index (χ3v) is 3.21. The number of aryl methyl sites for hydroxylation is 1. The number of hydrogen-bond acceptors (Lipinski definition) is 1. The summed E-state index contributed by atoms with van der Waals surface area (Å²) in [5.74, 6) is 0. The van der Waals surface area contributed by atoms with E-state index in [4.69, 9.17) is 5.26 Å². The number of nitrogens with zero attached hydrogens (tertiary/aromatic N) is 1. The molecule has 0 heterocycles. The fourth-order valence-electron chi connectivity index (χ4n) is 2.20. The van der Waals surface area contributed by atoms with Crippen LogP contribution in [0.4, 0.5) is 0 Å². The summed E-state index contributed by atoms with van der Waals surface area (Å²) in [6.45, 7) is 5.92. The number of rotatable bonds is 2. The SMILES string of the molecule is C/C=C\C(=C(/C)C#N)c1ccc2cc(C)ccc2c1. The topological polar surface area (TPSA) is 23.8 Å². The molecule has 0 unspecified atom stereocenters. The van der Waals surface area contributed by atoms with E-state index in [1.807, 2.05) is 26.0 Å². The Kier molecular flexibility index (Phi) is 3.82. The highest BCUT2D eigenvalue weighted by Crippen LogP contribution is 2.25. The van der Waals surface area contributed by atoms with Crippen LogP contribution in [0, 0.1) is 18.3 Å². The zero-order valence-corrected chi connectivity index (χ0v) is 11.6. The van der Waals surface area contributed by atoms with Gasteiger partial charge in [0.15, 0.2) is 0 Å². The molecule has 0 aliphatic carbocycles. The smallest absolute Gasteiger partial charge is 0.0950 e. The average Bonchev–Trinajstić information content (AvgIpc) is 2.43. The molecule has 2 aromatic rings. The van der Waals surface area contributed by atoms with Crippen LogP contribution in [0.2, 0.25) is 0 Å². The molecule has 0 aromatic heterocycles. The van der Waals surface area contributed by atoms with Crippen molar-refractivity contribution in [2.24, 2.45) is 0 Å². The summed E-state index contributed by atoms with van der Waals surface area (Å²) in [4.78, 5) is 0. The quantitative estimate of drug-likeness (QED) is 0.540. The Morgan fingerprint density at radius 1 is 1.11 bits per heavy atom. The van der Waals surface area contributed by atoms with Crippen LogP contribution < -0.4 is 0 Å². The number of nitriles is 1. The standard InChI is InChI=1S/C18H17N/c1-4-5-18(14(3)12-19)17-9-8-15-10-13(2)6-7-16(15)11-17/h4-11H,1-3H3/b5-4-,18-14-. The van der Waals surface area contributed by atoms with E-state index in [0.29, 0.717) is 0 Å². The second-order valence-electron chi connectivity index (χ2n) is 4.72. The number of hydrogen-bond donors (Lipinski definition) is 0. The Labute approximate surface area is 114 Å². The Morgan fingerprint density at radius 2 is 1.79 bits per heavy atom. The first-order chi connectivity index (χ1) is 9.15. The van der Waals surface area contributed by atoms with Crippen LogP contribution in [0.5, 0.6) is 0 Å². The largest absolute Gasteiger partial charge is 0.193 e. The number of allylic oxidation sites excluding steroid dienone is 4. The molecule has 2 rings (SSSR count). The van der Waals surface area contributed by atoms with Crippen molar-refractivity contribution in [3.63, 3.8) is 0 Å². The number of fused-ring (bicyclic) bond motifs is 1. The molecule has 1 nitrogen and oxygen atoms in total. The van der Waals surface area contributed by atoms with E-state index in [1.54, 1.807) is 0 Å². The maximum Gasteiger partial charge on any atom is 0.0950 e. The minimum Gasteiger partial charge on any atom is -0.193 e. The van der Waals surface area contributed by atoms with E-state index in [1.165, 1.54) is 16.3 Å². The van der Waals surface area contributed by atoms with Gasteiger partial charge in [0.1, 0.15) is 0 Å². The molecule has 0 fully saturated rings. The molecule has 0 aliphatic rings. The highest BCUT2D eigenvalue weighted by molar-refractivity contribution is 5.89. The predicted octanol–water partition coefficient (Wildman–Crippen LogP) is 5.02. The van der Waals surface area contributed by atoms with Gasteiger partial charge in [0.25, 0.3) is 0 Å². The molecule has 0 saturated carbocycles. The Morgan fingerprint density at radius 3 is 2.47 bits per heavy atom. The second kappa shape index (κ2) is 5.54. The van der Waals surface area contributed by atoms with Gasteiger partial charge in [-0.2, -0.15) is 5.26 Å². The van der Waals surface area contributed by atoms with Crippen molar-refractivity contribution < 1.29 is 0 Å². The van der Waals surface area contributed by atoms with E-state index in [9.17, 15) is 0 Å². The third kappa shape index (κ3) is 2.74. The molecule has 0 radical (unpaired) electrons. The van der Waals surface area contributed by atoms with Crippen molar-refractivity contribution >= 4 is 16.3 Å². The van der Waals surface area contributed by atoms with Crippen LogP contribution in [0.25, 0.3) is 16.3 Å². The third-order valence-electron chi connectivity index (χ3n) is 3.21. The minimum absolute atomic E-state index is 0.740. The zero-order chi connectivity index (χ0) is 13.8. The van der Waals surface area contributed by atoms with Gasteiger partial charge in [-0.1, -0.05) is 48.0 Å². The molecule has 0 amide bonds. The Bertz CT molecular complexity index is 712. The Hall–Kier alpha value is -2.33. The van der Waals surface area contributed by atoms with Gasteiger partial charge in [0.05, 0.1) is 6.07 Å². The van der Waals surface area contributed by atoms with E-state index in [-0.39, 0.29) is 0 Å². The molecule has 0 bridgehead atoms. The highest BCUT2D eigenvalue weighted by Gasteiger charge is 2.04. The lowest BCUT2D eigenvalue weighted by Crippen LogP contribution is -1.86. The van der Waals surface area contributed by atoms with Crippen molar-refractivity contribution in [2.45, 2.75) is 20.8 Å². The molecule has 0 saturated heterocycles. The van der Waals surface area contributed by atoms with Gasteiger partial charge in [0.2, 0.25) is 0 Å². The second-order valence-corrected chi connectivity index (χ2v) is 4.72. The monoisotopic (exact) mass is 247 g/mol. The van der Waals surface area contributed by atoms with Gasteiger partial charge >= 0.3 is 0 Å². The summed E-state index contributed by atoms with van der Waals surface area (Å²) in [5, 5.41) is 11.5. The van der Waals surface area contributed by atoms with Crippen molar-refractivity contribution in [1.82, 2.24) is 0 Å². The average molecular weight is 247 g/mol. The molecule has 19 heavy (non-hydrogen) atoms. The predicted molar refractivity (Wildman–Crippen MR) is 81.7 cm³/mol. The summed E-state index contributed by atoms with van der Waals surface area (Å²) in [6, 6.07) is 15.0. The fourth-order valence-corrected chi connectivity index (χ4v) is 2.20. The highest BCUT2D eigenvalue weighted by atomic mass is 14.2. The van der Waals surface area contributed by atoms with Crippen LogP contribution in [0.15, 0.2) is 54.1 Å². The minimum atomic E-state index is 0.740. The molecule has 1 heteroatoms. The van der Waals surface area contributed by atoms with Gasteiger partial charge in [0, 0.05) is 5.57 Å². The molecular weight excluding hydrogens is 230 g/mol. The Balaban J connectivity index is 2.63. The molecule has 2 aromatic carbocycles. The zero-order valence-electron chi connectivity index (χ0n) is 11.6. The molecular formula is C18H17N. The van der Waals surface area contributed by atoms with Crippen LogP contribution in [-0.2, 0) is 0 Å². The lowest BCUT2D eigenvalue weighted by atomic mass is 9.97. The van der Waals surface area contributed by atoms with Crippen LogP contribution >= 0.6 is 0 Å². The van der Waals surface area contributed by atoms with Gasteiger partial charge < -0.3 is 0 Å².